The number of ether oxygens (including phenoxy) is 3. The fraction of sp³-hybridized carbons (Fsp3) is 0.469. The molecule has 40 heavy (non-hydrogen) atoms. The highest BCUT2D eigenvalue weighted by molar-refractivity contribution is 5.74. The highest BCUT2D eigenvalue weighted by Crippen LogP contribution is 2.30. The van der Waals surface area contributed by atoms with Crippen LogP contribution in [0.3, 0.4) is 0 Å². The smallest absolute Gasteiger partial charge is 0.410 e. The minimum atomic E-state index is -0.579. The Labute approximate surface area is 236 Å². The van der Waals surface area contributed by atoms with Gasteiger partial charge in [-0.2, -0.15) is 0 Å². The van der Waals surface area contributed by atoms with Crippen LogP contribution in [0.1, 0.15) is 51.1 Å². The standard InChI is InChI=1S/C32H40N2O6/c1-6-37-30(35)27-15-17-34(31(36)40-32(3,4)5)21-25(27)19-23-11-10-14-26(20-23)38-18-16-28-22(2)39-29(33-28)24-12-8-7-9-13-24/h7-14,20,25,27H,6,15-19,21H2,1-5H3/t25?,27-/m0/s1. The van der Waals surface area contributed by atoms with Gasteiger partial charge in [-0.05, 0) is 83.2 Å². The van der Waals surface area contributed by atoms with Crippen molar-refractivity contribution in [1.82, 2.24) is 9.88 Å². The summed E-state index contributed by atoms with van der Waals surface area (Å²) in [4.78, 5) is 31.9. The Balaban J connectivity index is 1.39. The van der Waals surface area contributed by atoms with Gasteiger partial charge in [-0.15, -0.1) is 0 Å². The number of aromatic nitrogens is 1. The molecule has 0 saturated carbocycles. The van der Waals surface area contributed by atoms with Crippen LogP contribution in [0.15, 0.2) is 59.0 Å². The maximum absolute atomic E-state index is 12.8. The molecule has 0 spiro atoms. The number of hydrogen-bond acceptors (Lipinski definition) is 7. The molecule has 1 aromatic heterocycles. The monoisotopic (exact) mass is 548 g/mol. The van der Waals surface area contributed by atoms with E-state index >= 15 is 0 Å². The Morgan fingerprint density at radius 1 is 1.10 bits per heavy atom. The Hall–Kier alpha value is -3.81. The van der Waals surface area contributed by atoms with Crippen LogP contribution in [-0.4, -0.2) is 53.9 Å². The van der Waals surface area contributed by atoms with Crippen molar-refractivity contribution in [3.63, 3.8) is 0 Å². The van der Waals surface area contributed by atoms with E-state index in [-0.39, 0.29) is 23.9 Å². The summed E-state index contributed by atoms with van der Waals surface area (Å²) in [6, 6.07) is 17.7. The number of amides is 1. The van der Waals surface area contributed by atoms with Gasteiger partial charge in [0, 0.05) is 25.1 Å². The molecule has 2 heterocycles. The first-order chi connectivity index (χ1) is 19.1. The van der Waals surface area contributed by atoms with Gasteiger partial charge in [0.25, 0.3) is 0 Å². The van der Waals surface area contributed by atoms with Gasteiger partial charge in [0.15, 0.2) is 0 Å². The minimum absolute atomic E-state index is 0.0928. The van der Waals surface area contributed by atoms with E-state index in [1.165, 1.54) is 0 Å². The third-order valence-corrected chi connectivity index (χ3v) is 6.89. The summed E-state index contributed by atoms with van der Waals surface area (Å²) in [5, 5.41) is 0. The summed E-state index contributed by atoms with van der Waals surface area (Å²) in [5.74, 6) is 1.56. The van der Waals surface area contributed by atoms with Crippen LogP contribution in [0, 0.1) is 18.8 Å². The maximum atomic E-state index is 12.8. The van der Waals surface area contributed by atoms with Crippen LogP contribution >= 0.6 is 0 Å². The second-order valence-corrected chi connectivity index (χ2v) is 11.2. The fourth-order valence-corrected chi connectivity index (χ4v) is 4.99. The van der Waals surface area contributed by atoms with Crippen molar-refractivity contribution in [2.45, 2.75) is 59.5 Å². The van der Waals surface area contributed by atoms with Gasteiger partial charge in [-0.25, -0.2) is 9.78 Å². The first-order valence-electron chi connectivity index (χ1n) is 14.0. The highest BCUT2D eigenvalue weighted by Gasteiger charge is 2.38. The van der Waals surface area contributed by atoms with E-state index < -0.39 is 5.60 Å². The fourth-order valence-electron chi connectivity index (χ4n) is 4.99. The Morgan fingerprint density at radius 2 is 1.88 bits per heavy atom. The zero-order valence-corrected chi connectivity index (χ0v) is 24.1. The van der Waals surface area contributed by atoms with Crippen LogP contribution in [0.5, 0.6) is 5.75 Å². The first-order valence-corrected chi connectivity index (χ1v) is 14.0. The largest absolute Gasteiger partial charge is 0.493 e. The van der Waals surface area contributed by atoms with E-state index in [4.69, 9.17) is 18.6 Å². The lowest BCUT2D eigenvalue weighted by molar-refractivity contribution is -0.152. The molecule has 1 aliphatic heterocycles. The van der Waals surface area contributed by atoms with E-state index in [0.717, 1.165) is 28.3 Å². The number of nitrogens with zero attached hydrogens (tertiary/aromatic N) is 2. The lowest BCUT2D eigenvalue weighted by Crippen LogP contribution is -2.48. The van der Waals surface area contributed by atoms with Gasteiger partial charge in [0.1, 0.15) is 17.1 Å². The molecule has 2 atom stereocenters. The summed E-state index contributed by atoms with van der Waals surface area (Å²) < 4.78 is 22.9. The molecule has 1 unspecified atom stereocenters. The minimum Gasteiger partial charge on any atom is -0.493 e. The van der Waals surface area contributed by atoms with Crippen LogP contribution in [-0.2, 0) is 27.1 Å². The first kappa shape index (κ1) is 29.2. The van der Waals surface area contributed by atoms with Crippen molar-refractivity contribution in [3.05, 3.63) is 71.6 Å². The molecule has 0 bridgehead atoms. The Kier molecular flexibility index (Phi) is 9.50. The number of esters is 1. The Bertz CT molecular complexity index is 1280. The van der Waals surface area contributed by atoms with Gasteiger partial charge >= 0.3 is 12.1 Å². The molecule has 0 N–H and O–H groups in total. The van der Waals surface area contributed by atoms with E-state index in [1.807, 2.05) is 89.2 Å². The molecule has 1 amide bonds. The number of hydrogen-bond donors (Lipinski definition) is 0. The van der Waals surface area contributed by atoms with Crippen LogP contribution < -0.4 is 4.74 Å². The summed E-state index contributed by atoms with van der Waals surface area (Å²) in [6.45, 7) is 11.0. The predicted molar refractivity (Wildman–Crippen MR) is 152 cm³/mol. The Morgan fingerprint density at radius 3 is 2.60 bits per heavy atom. The number of piperidine rings is 1. The third-order valence-electron chi connectivity index (χ3n) is 6.89. The summed E-state index contributed by atoms with van der Waals surface area (Å²) >= 11 is 0. The lowest BCUT2D eigenvalue weighted by Gasteiger charge is -2.38. The highest BCUT2D eigenvalue weighted by atomic mass is 16.6. The molecule has 8 heteroatoms. The van der Waals surface area contributed by atoms with Gasteiger partial charge in [-0.1, -0.05) is 30.3 Å². The molecule has 8 nitrogen and oxygen atoms in total. The normalized spacial score (nSPS) is 17.4. The second kappa shape index (κ2) is 13.0. The van der Waals surface area contributed by atoms with Gasteiger partial charge in [0.2, 0.25) is 5.89 Å². The van der Waals surface area contributed by atoms with Crippen molar-refractivity contribution in [1.29, 1.82) is 0 Å². The molecule has 1 saturated heterocycles. The van der Waals surface area contributed by atoms with Gasteiger partial charge in [0.05, 0.1) is 24.8 Å². The van der Waals surface area contributed by atoms with Crippen LogP contribution in [0.2, 0.25) is 0 Å². The molecular formula is C32H40N2O6. The molecular weight excluding hydrogens is 508 g/mol. The van der Waals surface area contributed by atoms with E-state index in [1.54, 1.807) is 4.90 Å². The number of carbonyl (C=O) groups is 2. The topological polar surface area (TPSA) is 91.1 Å². The molecule has 3 aromatic rings. The lowest BCUT2D eigenvalue weighted by atomic mass is 9.81. The van der Waals surface area contributed by atoms with Gasteiger partial charge in [-0.3, -0.25) is 4.79 Å². The molecule has 1 fully saturated rings. The quantitative estimate of drug-likeness (QED) is 0.292. The predicted octanol–water partition coefficient (Wildman–Crippen LogP) is 6.25. The summed E-state index contributed by atoms with van der Waals surface area (Å²) in [6.07, 6.45) is 1.42. The number of likely N-dealkylation sites (tertiary alicyclic amines) is 1. The van der Waals surface area contributed by atoms with E-state index in [9.17, 15) is 9.59 Å². The number of oxazole rings is 1. The average Bonchev–Trinajstić information content (AvgIpc) is 3.29. The molecule has 2 aromatic carbocycles. The van der Waals surface area contributed by atoms with Crippen molar-refractivity contribution < 1.29 is 28.2 Å². The van der Waals surface area contributed by atoms with Crippen molar-refractivity contribution >= 4 is 12.1 Å². The van der Waals surface area contributed by atoms with Gasteiger partial charge < -0.3 is 23.5 Å². The molecule has 0 aliphatic carbocycles. The number of aryl methyl sites for hydroxylation is 1. The molecule has 1 aliphatic rings. The maximum Gasteiger partial charge on any atom is 0.410 e. The zero-order chi connectivity index (χ0) is 28.7. The van der Waals surface area contributed by atoms with Crippen LogP contribution in [0.4, 0.5) is 4.79 Å². The molecule has 4 rings (SSSR count). The number of benzene rings is 2. The SMILES string of the molecule is CCOC(=O)[C@H]1CCN(C(=O)OC(C)(C)C)CC1Cc1cccc(OCCc2nc(-c3ccccc3)oc2C)c1. The van der Waals surface area contributed by atoms with Crippen molar-refractivity contribution in [3.8, 4) is 17.2 Å². The van der Waals surface area contributed by atoms with Crippen molar-refractivity contribution in [2.75, 3.05) is 26.3 Å². The van der Waals surface area contributed by atoms with Crippen LogP contribution in [0.25, 0.3) is 11.5 Å². The second-order valence-electron chi connectivity index (χ2n) is 11.2. The number of rotatable bonds is 9. The van der Waals surface area contributed by atoms with E-state index in [2.05, 4.69) is 4.98 Å². The summed E-state index contributed by atoms with van der Waals surface area (Å²) in [5.41, 5.74) is 2.27. The van der Waals surface area contributed by atoms with Crippen molar-refractivity contribution in [2.24, 2.45) is 11.8 Å². The average molecular weight is 549 g/mol. The molecule has 214 valence electrons. The third kappa shape index (κ3) is 7.87. The van der Waals surface area contributed by atoms with E-state index in [0.29, 0.717) is 51.5 Å². The summed E-state index contributed by atoms with van der Waals surface area (Å²) in [7, 11) is 0. The molecule has 0 radical (unpaired) electrons. The zero-order valence-electron chi connectivity index (χ0n) is 24.1. The number of carbonyl (C=O) groups excluding carboxylic acids is 2.